The molecule has 1 fully saturated rings. The van der Waals surface area contributed by atoms with Gasteiger partial charge < -0.3 is 19.7 Å². The van der Waals surface area contributed by atoms with E-state index >= 15 is 0 Å². The van der Waals surface area contributed by atoms with Gasteiger partial charge in [0.1, 0.15) is 5.60 Å². The van der Waals surface area contributed by atoms with Crippen LogP contribution in [0.4, 0.5) is 0 Å². The van der Waals surface area contributed by atoms with Crippen LogP contribution in [0.5, 0.6) is 0 Å². The summed E-state index contributed by atoms with van der Waals surface area (Å²) in [4.78, 5) is 22.8. The van der Waals surface area contributed by atoms with E-state index in [1.54, 1.807) is 6.92 Å². The van der Waals surface area contributed by atoms with Gasteiger partial charge in [0.15, 0.2) is 0 Å². The van der Waals surface area contributed by atoms with Crippen LogP contribution < -0.4 is 0 Å². The summed E-state index contributed by atoms with van der Waals surface area (Å²) < 4.78 is 10.0. The van der Waals surface area contributed by atoms with Gasteiger partial charge in [0, 0.05) is 13.0 Å². The second-order valence-corrected chi connectivity index (χ2v) is 5.22. The summed E-state index contributed by atoms with van der Waals surface area (Å²) in [7, 11) is 0. The third-order valence-electron chi connectivity index (χ3n) is 2.95. The number of aliphatic hydroxyl groups is 2. The highest BCUT2D eigenvalue weighted by Crippen LogP contribution is 2.27. The van der Waals surface area contributed by atoms with Crippen molar-refractivity contribution in [2.75, 3.05) is 13.2 Å². The molecule has 2 atom stereocenters. The molecule has 0 saturated carbocycles. The molecule has 18 heavy (non-hydrogen) atoms. The third kappa shape index (κ3) is 4.62. The number of hydrogen-bond acceptors (Lipinski definition) is 6. The lowest BCUT2D eigenvalue weighted by molar-refractivity contribution is -0.178. The summed E-state index contributed by atoms with van der Waals surface area (Å²) in [6.07, 6.45) is 0.368. The first kappa shape index (κ1) is 14.9. The molecule has 0 aromatic carbocycles. The Hall–Kier alpha value is -1.14. The Morgan fingerprint density at radius 3 is 2.83 bits per heavy atom. The van der Waals surface area contributed by atoms with E-state index in [0.717, 1.165) is 0 Å². The Kier molecular flexibility index (Phi) is 4.70. The quantitative estimate of drug-likeness (QED) is 0.683. The molecule has 1 aliphatic heterocycles. The number of ether oxygens (including phenoxy) is 2. The predicted octanol–water partition coefficient (Wildman–Crippen LogP) is 0.149. The highest BCUT2D eigenvalue weighted by molar-refractivity contribution is 5.74. The molecular formula is C12H20O6. The fraction of sp³-hybridized carbons (Fsp3) is 0.833. The minimum absolute atomic E-state index is 0.0287. The van der Waals surface area contributed by atoms with Crippen LogP contribution in [0.15, 0.2) is 0 Å². The maximum atomic E-state index is 11.7. The number of carbonyl (C=O) groups is 2. The monoisotopic (exact) mass is 260 g/mol. The number of rotatable bonds is 5. The van der Waals surface area contributed by atoms with E-state index in [0.29, 0.717) is 6.42 Å². The van der Waals surface area contributed by atoms with Crippen LogP contribution in [-0.2, 0) is 19.1 Å². The molecule has 104 valence electrons. The highest BCUT2D eigenvalue weighted by atomic mass is 16.6. The van der Waals surface area contributed by atoms with Crippen molar-refractivity contribution in [2.45, 2.75) is 50.7 Å². The molecule has 0 amide bonds. The molecule has 1 unspecified atom stereocenters. The second kappa shape index (κ2) is 5.67. The molecule has 1 rings (SSSR count). The van der Waals surface area contributed by atoms with E-state index in [1.165, 1.54) is 6.92 Å². The lowest BCUT2D eigenvalue weighted by Gasteiger charge is -2.33. The zero-order valence-electron chi connectivity index (χ0n) is 10.8. The Labute approximate surface area is 106 Å². The van der Waals surface area contributed by atoms with Gasteiger partial charge in [-0.1, -0.05) is 0 Å². The van der Waals surface area contributed by atoms with Gasteiger partial charge in [-0.25, -0.2) is 0 Å². The minimum Gasteiger partial charge on any atom is -0.465 e. The maximum Gasteiger partial charge on any atom is 0.309 e. The Morgan fingerprint density at radius 1 is 1.61 bits per heavy atom. The number of cyclic esters (lactones) is 1. The van der Waals surface area contributed by atoms with Crippen molar-refractivity contribution in [3.05, 3.63) is 0 Å². The molecule has 0 aromatic heterocycles. The highest BCUT2D eigenvalue weighted by Gasteiger charge is 2.37. The van der Waals surface area contributed by atoms with Gasteiger partial charge in [0.05, 0.1) is 25.0 Å². The standard InChI is InChI=1S/C12H20O6/c1-11(16,3-5-13)7-10(15)18-12(2)4-6-17-9(14)8-12/h13,16H,3-8H2,1-2H3/t11-,12?/m1/s1. The van der Waals surface area contributed by atoms with Crippen molar-refractivity contribution in [3.8, 4) is 0 Å². The van der Waals surface area contributed by atoms with Crippen molar-refractivity contribution in [3.63, 3.8) is 0 Å². The van der Waals surface area contributed by atoms with Crippen LogP contribution in [0, 0.1) is 0 Å². The Balaban J connectivity index is 2.51. The van der Waals surface area contributed by atoms with Gasteiger partial charge in [0.2, 0.25) is 0 Å². The molecule has 1 aliphatic rings. The number of aliphatic hydroxyl groups excluding tert-OH is 1. The first-order valence-corrected chi connectivity index (χ1v) is 5.97. The fourth-order valence-electron chi connectivity index (χ4n) is 1.86. The Morgan fingerprint density at radius 2 is 2.28 bits per heavy atom. The first-order chi connectivity index (χ1) is 8.26. The SMILES string of the molecule is CC1(OC(=O)C[C@](C)(O)CCO)CCOC(=O)C1. The van der Waals surface area contributed by atoms with Gasteiger partial charge in [-0.15, -0.1) is 0 Å². The maximum absolute atomic E-state index is 11.7. The molecule has 0 bridgehead atoms. The molecular weight excluding hydrogens is 240 g/mol. The van der Waals surface area contributed by atoms with Crippen molar-refractivity contribution in [2.24, 2.45) is 0 Å². The molecule has 1 saturated heterocycles. The molecule has 0 aromatic rings. The summed E-state index contributed by atoms with van der Waals surface area (Å²) in [5.41, 5.74) is -2.15. The van der Waals surface area contributed by atoms with Crippen LogP contribution in [0.1, 0.15) is 39.5 Å². The smallest absolute Gasteiger partial charge is 0.309 e. The van der Waals surface area contributed by atoms with E-state index in [4.69, 9.17) is 14.6 Å². The van der Waals surface area contributed by atoms with Crippen molar-refractivity contribution < 1.29 is 29.3 Å². The van der Waals surface area contributed by atoms with E-state index in [-0.39, 0.29) is 32.5 Å². The van der Waals surface area contributed by atoms with E-state index in [9.17, 15) is 14.7 Å². The van der Waals surface area contributed by atoms with Crippen LogP contribution in [0.2, 0.25) is 0 Å². The van der Waals surface area contributed by atoms with Crippen LogP contribution >= 0.6 is 0 Å². The van der Waals surface area contributed by atoms with Gasteiger partial charge in [-0.2, -0.15) is 0 Å². The van der Waals surface area contributed by atoms with Gasteiger partial charge >= 0.3 is 11.9 Å². The predicted molar refractivity (Wildman–Crippen MR) is 61.6 cm³/mol. The van der Waals surface area contributed by atoms with E-state index in [1.807, 2.05) is 0 Å². The lowest BCUT2D eigenvalue weighted by atomic mass is 9.95. The second-order valence-electron chi connectivity index (χ2n) is 5.22. The molecule has 2 N–H and O–H groups in total. The van der Waals surface area contributed by atoms with E-state index in [2.05, 4.69) is 0 Å². The first-order valence-electron chi connectivity index (χ1n) is 5.97. The number of carbonyl (C=O) groups excluding carboxylic acids is 2. The summed E-state index contributed by atoms with van der Waals surface area (Å²) in [5.74, 6) is -0.968. The zero-order chi connectivity index (χ0) is 13.8. The summed E-state index contributed by atoms with van der Waals surface area (Å²) in [6, 6.07) is 0. The number of esters is 2. The van der Waals surface area contributed by atoms with Crippen LogP contribution in [0.25, 0.3) is 0 Å². The minimum atomic E-state index is -1.29. The van der Waals surface area contributed by atoms with Crippen LogP contribution in [0.3, 0.4) is 0 Å². The summed E-state index contributed by atoms with van der Waals surface area (Å²) in [6.45, 7) is 3.16. The molecule has 0 radical (unpaired) electrons. The fourth-order valence-corrected chi connectivity index (χ4v) is 1.86. The molecule has 6 heteroatoms. The topological polar surface area (TPSA) is 93.1 Å². The lowest BCUT2D eigenvalue weighted by Crippen LogP contribution is -2.41. The van der Waals surface area contributed by atoms with Crippen LogP contribution in [-0.4, -0.2) is 46.6 Å². The molecule has 6 nitrogen and oxygen atoms in total. The van der Waals surface area contributed by atoms with E-state index < -0.39 is 23.1 Å². The van der Waals surface area contributed by atoms with Crippen molar-refractivity contribution >= 4 is 11.9 Å². The Bertz CT molecular complexity index is 325. The number of hydrogen-bond donors (Lipinski definition) is 2. The van der Waals surface area contributed by atoms with Gasteiger partial charge in [-0.05, 0) is 20.3 Å². The largest absolute Gasteiger partial charge is 0.465 e. The zero-order valence-corrected chi connectivity index (χ0v) is 10.8. The normalized spacial score (nSPS) is 27.2. The van der Waals surface area contributed by atoms with Crippen molar-refractivity contribution in [1.29, 1.82) is 0 Å². The van der Waals surface area contributed by atoms with Crippen molar-refractivity contribution in [1.82, 2.24) is 0 Å². The van der Waals surface area contributed by atoms with Gasteiger partial charge in [-0.3, -0.25) is 9.59 Å². The molecule has 0 spiro atoms. The van der Waals surface area contributed by atoms with Gasteiger partial charge in [0.25, 0.3) is 0 Å². The summed E-state index contributed by atoms with van der Waals surface area (Å²) in [5, 5.41) is 18.5. The molecule has 0 aliphatic carbocycles. The third-order valence-corrected chi connectivity index (χ3v) is 2.95. The summed E-state index contributed by atoms with van der Waals surface area (Å²) >= 11 is 0. The average molecular weight is 260 g/mol. The average Bonchev–Trinajstić information content (AvgIpc) is 2.13. The molecule has 1 heterocycles.